The molecule has 0 spiro atoms. The number of amides is 2. The SMILES string of the molecule is COc1cccc(C(=O)COC(=O)[C@H](C)N2C(=O)[C@@H]3[C@H]4C[C@@H]([C@@H](Br)[C@H]4Br)[C@H]3C2=O)c1. The van der Waals surface area contributed by atoms with Crippen molar-refractivity contribution in [3.05, 3.63) is 29.8 Å². The molecule has 9 heteroatoms. The second kappa shape index (κ2) is 8.07. The molecule has 2 saturated carbocycles. The molecule has 0 N–H and O–H groups in total. The van der Waals surface area contributed by atoms with Crippen molar-refractivity contribution in [3.8, 4) is 5.75 Å². The smallest absolute Gasteiger partial charge is 0.329 e. The molecule has 1 aliphatic heterocycles. The molecule has 4 rings (SSSR count). The van der Waals surface area contributed by atoms with Crippen molar-refractivity contribution in [2.45, 2.75) is 29.0 Å². The highest BCUT2D eigenvalue weighted by Crippen LogP contribution is 2.60. The molecule has 1 heterocycles. The average molecular weight is 543 g/mol. The summed E-state index contributed by atoms with van der Waals surface area (Å²) in [5, 5.41) is 0. The topological polar surface area (TPSA) is 90.0 Å². The van der Waals surface area contributed by atoms with E-state index in [0.29, 0.717) is 11.3 Å². The number of ether oxygens (including phenoxy) is 2. The van der Waals surface area contributed by atoms with Crippen LogP contribution in [0.3, 0.4) is 0 Å². The van der Waals surface area contributed by atoms with Crippen LogP contribution in [-0.4, -0.2) is 57.9 Å². The van der Waals surface area contributed by atoms with Gasteiger partial charge in [-0.3, -0.25) is 19.3 Å². The largest absolute Gasteiger partial charge is 0.497 e. The number of alkyl halides is 2. The molecule has 160 valence electrons. The van der Waals surface area contributed by atoms with Crippen LogP contribution in [0.15, 0.2) is 24.3 Å². The summed E-state index contributed by atoms with van der Waals surface area (Å²) in [5.41, 5.74) is 0.348. The number of benzene rings is 1. The fourth-order valence-corrected chi connectivity index (χ4v) is 6.87. The third kappa shape index (κ3) is 3.30. The van der Waals surface area contributed by atoms with E-state index in [2.05, 4.69) is 31.9 Å². The van der Waals surface area contributed by atoms with E-state index in [1.165, 1.54) is 14.0 Å². The van der Waals surface area contributed by atoms with E-state index in [4.69, 9.17) is 9.47 Å². The van der Waals surface area contributed by atoms with E-state index in [0.717, 1.165) is 11.3 Å². The number of imide groups is 1. The van der Waals surface area contributed by atoms with Crippen molar-refractivity contribution >= 4 is 55.4 Å². The number of likely N-dealkylation sites (tertiary alicyclic amines) is 1. The summed E-state index contributed by atoms with van der Waals surface area (Å²) in [5.74, 6) is -1.92. The monoisotopic (exact) mass is 541 g/mol. The number of methoxy groups -OCH3 is 1. The Morgan fingerprint density at radius 1 is 1.13 bits per heavy atom. The molecular weight excluding hydrogens is 522 g/mol. The van der Waals surface area contributed by atoms with Gasteiger partial charge in [0.05, 0.1) is 18.9 Å². The molecule has 1 saturated heterocycles. The number of nitrogens with zero attached hydrogens (tertiary/aromatic N) is 1. The Morgan fingerprint density at radius 2 is 1.73 bits per heavy atom. The number of Topliss-reactive ketones (excluding diaryl/α,β-unsaturated/α-hetero) is 1. The highest BCUT2D eigenvalue weighted by Gasteiger charge is 2.67. The summed E-state index contributed by atoms with van der Waals surface area (Å²) < 4.78 is 10.2. The van der Waals surface area contributed by atoms with E-state index in [1.807, 2.05) is 0 Å². The van der Waals surface area contributed by atoms with Gasteiger partial charge in [-0.15, -0.1) is 0 Å². The van der Waals surface area contributed by atoms with Crippen molar-refractivity contribution in [1.29, 1.82) is 0 Å². The molecule has 0 radical (unpaired) electrons. The van der Waals surface area contributed by atoms with Crippen LogP contribution in [0.1, 0.15) is 23.7 Å². The van der Waals surface area contributed by atoms with E-state index in [1.54, 1.807) is 24.3 Å². The predicted octanol–water partition coefficient (Wildman–Crippen LogP) is 2.59. The second-order valence-corrected chi connectivity index (χ2v) is 10.1. The number of carbonyl (C=O) groups is 4. The fourth-order valence-electron chi connectivity index (χ4n) is 5.00. The number of rotatable bonds is 6. The lowest BCUT2D eigenvalue weighted by Gasteiger charge is -2.28. The van der Waals surface area contributed by atoms with E-state index >= 15 is 0 Å². The average Bonchev–Trinajstić information content (AvgIpc) is 3.36. The summed E-state index contributed by atoms with van der Waals surface area (Å²) in [6.45, 7) is 0.992. The minimum atomic E-state index is -1.07. The molecule has 7 atom stereocenters. The van der Waals surface area contributed by atoms with Crippen LogP contribution in [0.4, 0.5) is 0 Å². The maximum Gasteiger partial charge on any atom is 0.329 e. The van der Waals surface area contributed by atoms with Crippen LogP contribution in [0.5, 0.6) is 5.75 Å². The summed E-state index contributed by atoms with van der Waals surface area (Å²) in [4.78, 5) is 52.2. The van der Waals surface area contributed by atoms with Gasteiger partial charge < -0.3 is 9.47 Å². The molecule has 1 aromatic carbocycles. The van der Waals surface area contributed by atoms with E-state index in [-0.39, 0.29) is 33.3 Å². The number of hydrogen-bond donors (Lipinski definition) is 0. The minimum Gasteiger partial charge on any atom is -0.497 e. The zero-order valence-corrected chi connectivity index (χ0v) is 19.6. The molecule has 0 aromatic heterocycles. The molecule has 2 aliphatic carbocycles. The lowest BCUT2D eigenvalue weighted by molar-refractivity contribution is -0.157. The second-order valence-electron chi connectivity index (χ2n) is 7.99. The Labute approximate surface area is 190 Å². The lowest BCUT2D eigenvalue weighted by Crippen LogP contribution is -2.45. The molecule has 30 heavy (non-hydrogen) atoms. The first-order valence-corrected chi connectivity index (χ1v) is 11.6. The van der Waals surface area contributed by atoms with Gasteiger partial charge in [0.25, 0.3) is 0 Å². The van der Waals surface area contributed by atoms with Gasteiger partial charge in [0, 0.05) is 15.2 Å². The van der Waals surface area contributed by atoms with Gasteiger partial charge in [0.1, 0.15) is 11.8 Å². The van der Waals surface area contributed by atoms with Crippen molar-refractivity contribution in [2.75, 3.05) is 13.7 Å². The summed E-state index contributed by atoms with van der Waals surface area (Å²) in [6, 6.07) is 5.45. The van der Waals surface area contributed by atoms with Gasteiger partial charge in [-0.1, -0.05) is 44.0 Å². The third-order valence-electron chi connectivity index (χ3n) is 6.49. The molecule has 2 bridgehead atoms. The molecule has 3 aliphatic rings. The highest BCUT2D eigenvalue weighted by molar-refractivity contribution is 9.12. The van der Waals surface area contributed by atoms with Gasteiger partial charge in [-0.05, 0) is 37.3 Å². The Balaban J connectivity index is 1.41. The summed E-state index contributed by atoms with van der Waals surface area (Å²) in [6.07, 6.45) is 0.820. The summed E-state index contributed by atoms with van der Waals surface area (Å²) >= 11 is 7.27. The van der Waals surface area contributed by atoms with Crippen molar-refractivity contribution in [2.24, 2.45) is 23.7 Å². The maximum atomic E-state index is 13.0. The van der Waals surface area contributed by atoms with Gasteiger partial charge >= 0.3 is 5.97 Å². The van der Waals surface area contributed by atoms with Gasteiger partial charge in [-0.25, -0.2) is 4.79 Å². The predicted molar refractivity (Wildman–Crippen MR) is 114 cm³/mol. The Morgan fingerprint density at radius 3 is 2.30 bits per heavy atom. The van der Waals surface area contributed by atoms with Crippen molar-refractivity contribution in [3.63, 3.8) is 0 Å². The van der Waals surface area contributed by atoms with Gasteiger partial charge in [-0.2, -0.15) is 0 Å². The standard InChI is InChI=1S/C21H21Br2NO6/c1-9(21(28)30-8-14(25)10-4-3-5-11(6-10)29-2)24-19(26)15-12-7-13(16(15)20(24)27)18(23)17(12)22/h3-6,9,12-13,15-18H,7-8H2,1-2H3/t9-,12+,13+,15+,16+,17-,18+/m0/s1. The van der Waals surface area contributed by atoms with Gasteiger partial charge in [0.15, 0.2) is 12.4 Å². The van der Waals surface area contributed by atoms with Crippen molar-refractivity contribution < 1.29 is 28.7 Å². The summed E-state index contributed by atoms with van der Waals surface area (Å²) in [7, 11) is 1.49. The normalized spacial score (nSPS) is 32.9. The third-order valence-corrected chi connectivity index (χ3v) is 9.69. The van der Waals surface area contributed by atoms with Crippen LogP contribution in [0.2, 0.25) is 0 Å². The van der Waals surface area contributed by atoms with Crippen LogP contribution < -0.4 is 4.74 Å². The fraction of sp³-hybridized carbons (Fsp3) is 0.524. The van der Waals surface area contributed by atoms with Crippen LogP contribution in [0.25, 0.3) is 0 Å². The number of esters is 1. The van der Waals surface area contributed by atoms with E-state index < -0.39 is 36.2 Å². The van der Waals surface area contributed by atoms with Crippen LogP contribution >= 0.6 is 31.9 Å². The number of carbonyl (C=O) groups excluding carboxylic acids is 4. The molecule has 0 unspecified atom stereocenters. The Hall–Kier alpha value is -1.74. The van der Waals surface area contributed by atoms with Crippen molar-refractivity contribution in [1.82, 2.24) is 4.90 Å². The first kappa shape index (κ1) is 21.5. The first-order chi connectivity index (χ1) is 14.3. The van der Waals surface area contributed by atoms with Crippen LogP contribution in [-0.2, 0) is 19.1 Å². The lowest BCUT2D eigenvalue weighted by atomic mass is 9.81. The molecule has 2 amide bonds. The molecular formula is C21H21Br2NO6. The molecule has 1 aromatic rings. The Bertz CT molecular complexity index is 889. The highest BCUT2D eigenvalue weighted by atomic mass is 79.9. The van der Waals surface area contributed by atoms with Gasteiger partial charge in [0.2, 0.25) is 11.8 Å². The number of hydrogen-bond acceptors (Lipinski definition) is 6. The van der Waals surface area contributed by atoms with Crippen LogP contribution in [0, 0.1) is 23.7 Å². The maximum absolute atomic E-state index is 13.0. The number of halogens is 2. The quantitative estimate of drug-likeness (QED) is 0.237. The van der Waals surface area contributed by atoms with E-state index in [9.17, 15) is 19.2 Å². The zero-order valence-electron chi connectivity index (χ0n) is 16.4. The number of fused-ring (bicyclic) bond motifs is 5. The molecule has 7 nitrogen and oxygen atoms in total. The first-order valence-electron chi connectivity index (χ1n) is 9.75. The number of ketones is 1. The minimum absolute atomic E-state index is 0.0729. The zero-order chi connectivity index (χ0) is 21.7. The Kier molecular flexibility index (Phi) is 5.78. The molecule has 3 fully saturated rings.